The lowest BCUT2D eigenvalue weighted by Gasteiger charge is -2.07. The molecular formula is C13H11FN2. The fourth-order valence-electron chi connectivity index (χ4n) is 1.54. The SMILES string of the molecule is C#CCCNc1ccnc2ccc(F)cc12. The Hall–Kier alpha value is -2.08. The van der Waals surface area contributed by atoms with Crippen LogP contribution in [0.1, 0.15) is 6.42 Å². The quantitative estimate of drug-likeness (QED) is 0.627. The van der Waals surface area contributed by atoms with Crippen molar-refractivity contribution in [2.24, 2.45) is 0 Å². The first kappa shape index (κ1) is 10.4. The molecule has 0 aliphatic heterocycles. The third-order valence-electron chi connectivity index (χ3n) is 2.29. The molecule has 0 atom stereocenters. The standard InChI is InChI=1S/C13H11FN2/c1-2-3-7-15-13-6-8-16-12-5-4-10(14)9-11(12)13/h1,4-6,8-9H,3,7H2,(H,15,16). The number of halogens is 1. The van der Waals surface area contributed by atoms with Crippen molar-refractivity contribution >= 4 is 16.6 Å². The van der Waals surface area contributed by atoms with Gasteiger partial charge in [-0.1, -0.05) is 0 Å². The van der Waals surface area contributed by atoms with Gasteiger partial charge in [-0.25, -0.2) is 4.39 Å². The minimum absolute atomic E-state index is 0.263. The minimum atomic E-state index is -0.263. The molecule has 2 aromatic rings. The van der Waals surface area contributed by atoms with Gasteiger partial charge in [0.1, 0.15) is 5.82 Å². The van der Waals surface area contributed by atoms with Crippen molar-refractivity contribution in [2.75, 3.05) is 11.9 Å². The van der Waals surface area contributed by atoms with E-state index in [0.717, 1.165) is 16.6 Å². The van der Waals surface area contributed by atoms with Crippen LogP contribution in [0.2, 0.25) is 0 Å². The Morgan fingerprint density at radius 2 is 2.25 bits per heavy atom. The molecule has 0 radical (unpaired) electrons. The number of aromatic nitrogens is 1. The molecule has 80 valence electrons. The predicted octanol–water partition coefficient (Wildman–Crippen LogP) is 2.81. The van der Waals surface area contributed by atoms with Crippen molar-refractivity contribution in [2.45, 2.75) is 6.42 Å². The van der Waals surface area contributed by atoms with Gasteiger partial charge in [0.05, 0.1) is 5.52 Å². The second-order valence-corrected chi connectivity index (χ2v) is 3.40. The van der Waals surface area contributed by atoms with Crippen LogP contribution in [0.5, 0.6) is 0 Å². The van der Waals surface area contributed by atoms with Gasteiger partial charge in [0.15, 0.2) is 0 Å². The fraction of sp³-hybridized carbons (Fsp3) is 0.154. The Kier molecular flexibility index (Phi) is 3.02. The van der Waals surface area contributed by atoms with E-state index < -0.39 is 0 Å². The van der Waals surface area contributed by atoms with E-state index in [1.165, 1.54) is 12.1 Å². The van der Waals surface area contributed by atoms with Gasteiger partial charge in [0.2, 0.25) is 0 Å². The van der Waals surface area contributed by atoms with Crippen molar-refractivity contribution < 1.29 is 4.39 Å². The average Bonchev–Trinajstić information content (AvgIpc) is 2.30. The molecule has 1 aromatic heterocycles. The Labute approximate surface area is 93.5 Å². The molecule has 1 N–H and O–H groups in total. The molecular weight excluding hydrogens is 203 g/mol. The maximum Gasteiger partial charge on any atom is 0.124 e. The molecule has 16 heavy (non-hydrogen) atoms. The van der Waals surface area contributed by atoms with Gasteiger partial charge < -0.3 is 5.32 Å². The lowest BCUT2D eigenvalue weighted by molar-refractivity contribution is 0.629. The average molecular weight is 214 g/mol. The van der Waals surface area contributed by atoms with Crippen LogP contribution in [-0.2, 0) is 0 Å². The number of benzene rings is 1. The summed E-state index contributed by atoms with van der Waals surface area (Å²) >= 11 is 0. The van der Waals surface area contributed by atoms with Crippen molar-refractivity contribution in [3.05, 3.63) is 36.3 Å². The molecule has 1 aromatic carbocycles. The number of fused-ring (bicyclic) bond motifs is 1. The summed E-state index contributed by atoms with van der Waals surface area (Å²) in [5.74, 6) is 2.28. The van der Waals surface area contributed by atoms with Crippen LogP contribution in [0.3, 0.4) is 0 Å². The molecule has 3 heteroatoms. The number of pyridine rings is 1. The first-order chi connectivity index (χ1) is 7.81. The highest BCUT2D eigenvalue weighted by atomic mass is 19.1. The number of nitrogens with zero attached hydrogens (tertiary/aromatic N) is 1. The van der Waals surface area contributed by atoms with Crippen LogP contribution in [-0.4, -0.2) is 11.5 Å². The second kappa shape index (κ2) is 4.63. The van der Waals surface area contributed by atoms with E-state index >= 15 is 0 Å². The summed E-state index contributed by atoms with van der Waals surface area (Å²) in [7, 11) is 0. The number of rotatable bonds is 3. The number of hydrogen-bond donors (Lipinski definition) is 1. The highest BCUT2D eigenvalue weighted by Crippen LogP contribution is 2.22. The van der Waals surface area contributed by atoms with E-state index in [0.29, 0.717) is 13.0 Å². The van der Waals surface area contributed by atoms with E-state index in [1.807, 2.05) is 6.07 Å². The predicted molar refractivity (Wildman–Crippen MR) is 63.6 cm³/mol. The third kappa shape index (κ3) is 2.12. The summed E-state index contributed by atoms with van der Waals surface area (Å²) in [6, 6.07) is 6.36. The van der Waals surface area contributed by atoms with Crippen LogP contribution < -0.4 is 5.32 Å². The lowest BCUT2D eigenvalue weighted by atomic mass is 10.2. The van der Waals surface area contributed by atoms with E-state index in [9.17, 15) is 4.39 Å². The molecule has 0 saturated heterocycles. The summed E-state index contributed by atoms with van der Waals surface area (Å²) in [6.07, 6.45) is 7.50. The second-order valence-electron chi connectivity index (χ2n) is 3.40. The zero-order chi connectivity index (χ0) is 11.4. The molecule has 0 aliphatic carbocycles. The molecule has 0 saturated carbocycles. The Morgan fingerprint density at radius 1 is 1.38 bits per heavy atom. The smallest absolute Gasteiger partial charge is 0.124 e. The molecule has 0 bridgehead atoms. The first-order valence-corrected chi connectivity index (χ1v) is 5.03. The van der Waals surface area contributed by atoms with Crippen LogP contribution in [0.25, 0.3) is 10.9 Å². The Bertz CT molecular complexity index is 543. The largest absolute Gasteiger partial charge is 0.383 e. The van der Waals surface area contributed by atoms with Crippen molar-refractivity contribution in [1.29, 1.82) is 0 Å². The zero-order valence-corrected chi connectivity index (χ0v) is 8.70. The molecule has 1 heterocycles. The van der Waals surface area contributed by atoms with E-state index in [-0.39, 0.29) is 5.82 Å². The minimum Gasteiger partial charge on any atom is -0.383 e. The summed E-state index contributed by atoms with van der Waals surface area (Å²) in [5.41, 5.74) is 1.63. The highest BCUT2D eigenvalue weighted by molar-refractivity contribution is 5.90. The van der Waals surface area contributed by atoms with Crippen molar-refractivity contribution in [3.8, 4) is 12.3 Å². The van der Waals surface area contributed by atoms with Crippen molar-refractivity contribution in [1.82, 2.24) is 4.98 Å². The normalized spacial score (nSPS) is 10.0. The van der Waals surface area contributed by atoms with Crippen LogP contribution in [0.4, 0.5) is 10.1 Å². The van der Waals surface area contributed by atoms with Gasteiger partial charge in [0, 0.05) is 30.2 Å². The molecule has 0 fully saturated rings. The van der Waals surface area contributed by atoms with E-state index in [1.54, 1.807) is 12.3 Å². The lowest BCUT2D eigenvalue weighted by Crippen LogP contribution is -2.01. The van der Waals surface area contributed by atoms with Crippen LogP contribution >= 0.6 is 0 Å². The van der Waals surface area contributed by atoms with E-state index in [2.05, 4.69) is 16.2 Å². The van der Waals surface area contributed by atoms with Crippen LogP contribution in [0, 0.1) is 18.2 Å². The summed E-state index contributed by atoms with van der Waals surface area (Å²) in [5, 5.41) is 3.94. The first-order valence-electron chi connectivity index (χ1n) is 5.03. The number of terminal acetylenes is 1. The zero-order valence-electron chi connectivity index (χ0n) is 8.70. The molecule has 0 unspecified atom stereocenters. The maximum absolute atomic E-state index is 13.1. The number of nitrogens with one attached hydrogen (secondary N) is 1. The number of hydrogen-bond acceptors (Lipinski definition) is 2. The van der Waals surface area contributed by atoms with Gasteiger partial charge >= 0.3 is 0 Å². The molecule has 2 rings (SSSR count). The van der Waals surface area contributed by atoms with Crippen molar-refractivity contribution in [3.63, 3.8) is 0 Å². The molecule has 2 nitrogen and oxygen atoms in total. The van der Waals surface area contributed by atoms with Gasteiger partial charge in [-0.3, -0.25) is 4.98 Å². The van der Waals surface area contributed by atoms with E-state index in [4.69, 9.17) is 6.42 Å². The molecule has 0 amide bonds. The summed E-state index contributed by atoms with van der Waals surface area (Å²) in [6.45, 7) is 0.673. The topological polar surface area (TPSA) is 24.9 Å². The highest BCUT2D eigenvalue weighted by Gasteiger charge is 2.02. The maximum atomic E-state index is 13.1. The summed E-state index contributed by atoms with van der Waals surface area (Å²) in [4.78, 5) is 4.16. The number of anilines is 1. The monoisotopic (exact) mass is 214 g/mol. The fourth-order valence-corrected chi connectivity index (χ4v) is 1.54. The Balaban J connectivity index is 2.37. The van der Waals surface area contributed by atoms with Gasteiger partial charge in [-0.15, -0.1) is 12.3 Å². The summed E-state index contributed by atoms with van der Waals surface area (Å²) < 4.78 is 13.1. The Morgan fingerprint density at radius 3 is 3.06 bits per heavy atom. The molecule has 0 spiro atoms. The van der Waals surface area contributed by atoms with Gasteiger partial charge in [-0.2, -0.15) is 0 Å². The third-order valence-corrected chi connectivity index (χ3v) is 2.29. The molecule has 0 aliphatic rings. The van der Waals surface area contributed by atoms with Gasteiger partial charge in [-0.05, 0) is 24.3 Å². The van der Waals surface area contributed by atoms with Gasteiger partial charge in [0.25, 0.3) is 0 Å². The van der Waals surface area contributed by atoms with Crippen LogP contribution in [0.15, 0.2) is 30.5 Å².